The molecule has 1 aromatic rings. The van der Waals surface area contributed by atoms with E-state index in [4.69, 9.17) is 16.0 Å². The second-order valence-corrected chi connectivity index (χ2v) is 4.92. The predicted octanol–water partition coefficient (Wildman–Crippen LogP) is 3.32. The van der Waals surface area contributed by atoms with Gasteiger partial charge in [0.1, 0.15) is 11.1 Å². The maximum Gasteiger partial charge on any atom is 0.212 e. The standard InChI is InChI=1S/C10H14ClNO/c1-7(11)9-12-6-8(13-9)5-10(2)3-4-10/h6-7H,3-5H2,1-2H3. The van der Waals surface area contributed by atoms with E-state index in [2.05, 4.69) is 11.9 Å². The van der Waals surface area contributed by atoms with Crippen molar-refractivity contribution in [1.82, 2.24) is 4.98 Å². The van der Waals surface area contributed by atoms with Gasteiger partial charge in [0.05, 0.1) is 6.20 Å². The number of nitrogens with zero attached hydrogens (tertiary/aromatic N) is 1. The molecule has 1 saturated carbocycles. The van der Waals surface area contributed by atoms with Crippen LogP contribution in [-0.4, -0.2) is 4.98 Å². The molecular weight excluding hydrogens is 186 g/mol. The Balaban J connectivity index is 2.05. The Kier molecular flexibility index (Phi) is 2.11. The summed E-state index contributed by atoms with van der Waals surface area (Å²) in [6.45, 7) is 4.15. The Morgan fingerprint density at radius 2 is 2.38 bits per heavy atom. The van der Waals surface area contributed by atoms with Crippen LogP contribution in [0.2, 0.25) is 0 Å². The first-order valence-electron chi connectivity index (χ1n) is 4.68. The summed E-state index contributed by atoms with van der Waals surface area (Å²) in [4.78, 5) is 4.13. The van der Waals surface area contributed by atoms with Gasteiger partial charge in [0.25, 0.3) is 0 Å². The first-order chi connectivity index (χ1) is 6.09. The fourth-order valence-corrected chi connectivity index (χ4v) is 1.50. The van der Waals surface area contributed by atoms with E-state index in [0.717, 1.165) is 12.2 Å². The summed E-state index contributed by atoms with van der Waals surface area (Å²) >= 11 is 5.85. The Hall–Kier alpha value is -0.500. The molecule has 3 heteroatoms. The van der Waals surface area contributed by atoms with Gasteiger partial charge in [0.15, 0.2) is 0 Å². The summed E-state index contributed by atoms with van der Waals surface area (Å²) in [5.41, 5.74) is 0.479. The second kappa shape index (κ2) is 3.02. The Labute approximate surface area is 83.3 Å². The topological polar surface area (TPSA) is 26.0 Å². The SMILES string of the molecule is CC(Cl)c1ncc(CC2(C)CC2)o1. The number of aromatic nitrogens is 1. The van der Waals surface area contributed by atoms with Crippen LogP contribution in [0.5, 0.6) is 0 Å². The largest absolute Gasteiger partial charge is 0.444 e. The minimum absolute atomic E-state index is 0.124. The van der Waals surface area contributed by atoms with Crippen molar-refractivity contribution in [3.05, 3.63) is 17.8 Å². The van der Waals surface area contributed by atoms with Crippen LogP contribution in [0, 0.1) is 5.41 Å². The highest BCUT2D eigenvalue weighted by Crippen LogP contribution is 2.47. The molecule has 1 aromatic heterocycles. The number of hydrogen-bond donors (Lipinski definition) is 0. The first kappa shape index (κ1) is 9.07. The normalized spacial score (nSPS) is 21.5. The molecule has 0 saturated heterocycles. The lowest BCUT2D eigenvalue weighted by Crippen LogP contribution is -1.96. The molecule has 1 fully saturated rings. The lowest BCUT2D eigenvalue weighted by Gasteiger charge is -2.03. The Morgan fingerprint density at radius 1 is 1.69 bits per heavy atom. The molecule has 0 spiro atoms. The number of halogens is 1. The molecule has 13 heavy (non-hydrogen) atoms. The third kappa shape index (κ3) is 2.05. The first-order valence-corrected chi connectivity index (χ1v) is 5.11. The molecular formula is C10H14ClNO. The molecule has 2 rings (SSSR count). The molecule has 0 aromatic carbocycles. The van der Waals surface area contributed by atoms with Gasteiger partial charge in [-0.25, -0.2) is 4.98 Å². The summed E-state index contributed by atoms with van der Waals surface area (Å²) in [5, 5.41) is -0.124. The minimum Gasteiger partial charge on any atom is -0.444 e. The number of oxazole rings is 1. The van der Waals surface area contributed by atoms with Crippen LogP contribution in [0.3, 0.4) is 0 Å². The minimum atomic E-state index is -0.124. The van der Waals surface area contributed by atoms with Crippen LogP contribution >= 0.6 is 11.6 Å². The van der Waals surface area contributed by atoms with Gasteiger partial charge >= 0.3 is 0 Å². The Morgan fingerprint density at radius 3 is 2.85 bits per heavy atom. The van der Waals surface area contributed by atoms with Crippen LogP contribution < -0.4 is 0 Å². The van der Waals surface area contributed by atoms with Crippen molar-refractivity contribution in [3.63, 3.8) is 0 Å². The van der Waals surface area contributed by atoms with Gasteiger partial charge in [-0.05, 0) is 25.2 Å². The highest BCUT2D eigenvalue weighted by Gasteiger charge is 2.38. The monoisotopic (exact) mass is 199 g/mol. The van der Waals surface area contributed by atoms with Crippen molar-refractivity contribution in [3.8, 4) is 0 Å². The van der Waals surface area contributed by atoms with Gasteiger partial charge < -0.3 is 4.42 Å². The average Bonchev–Trinajstić information content (AvgIpc) is 2.62. The van der Waals surface area contributed by atoms with E-state index in [9.17, 15) is 0 Å². The second-order valence-electron chi connectivity index (χ2n) is 4.27. The molecule has 2 nitrogen and oxygen atoms in total. The van der Waals surface area contributed by atoms with Crippen molar-refractivity contribution in [2.75, 3.05) is 0 Å². The summed E-state index contributed by atoms with van der Waals surface area (Å²) in [6.07, 6.45) is 5.42. The van der Waals surface area contributed by atoms with Crippen LogP contribution in [0.25, 0.3) is 0 Å². The van der Waals surface area contributed by atoms with E-state index in [-0.39, 0.29) is 5.38 Å². The summed E-state index contributed by atoms with van der Waals surface area (Å²) in [5.74, 6) is 1.61. The molecule has 0 N–H and O–H groups in total. The van der Waals surface area contributed by atoms with E-state index >= 15 is 0 Å². The maximum absolute atomic E-state index is 5.85. The molecule has 1 atom stereocenters. The van der Waals surface area contributed by atoms with E-state index < -0.39 is 0 Å². The molecule has 1 unspecified atom stereocenters. The van der Waals surface area contributed by atoms with E-state index in [1.807, 2.05) is 6.92 Å². The molecule has 0 aliphatic heterocycles. The fraction of sp³-hybridized carbons (Fsp3) is 0.700. The Bertz CT molecular complexity index is 302. The van der Waals surface area contributed by atoms with Gasteiger partial charge in [0.2, 0.25) is 5.89 Å². The van der Waals surface area contributed by atoms with Crippen molar-refractivity contribution in [1.29, 1.82) is 0 Å². The zero-order valence-electron chi connectivity index (χ0n) is 8.01. The van der Waals surface area contributed by atoms with Gasteiger partial charge in [-0.3, -0.25) is 0 Å². The number of rotatable bonds is 3. The van der Waals surface area contributed by atoms with Crippen molar-refractivity contribution in [2.24, 2.45) is 5.41 Å². The van der Waals surface area contributed by atoms with E-state index in [0.29, 0.717) is 11.3 Å². The van der Waals surface area contributed by atoms with Crippen molar-refractivity contribution in [2.45, 2.75) is 38.5 Å². The zero-order chi connectivity index (χ0) is 9.47. The third-order valence-electron chi connectivity index (χ3n) is 2.62. The van der Waals surface area contributed by atoms with E-state index in [1.165, 1.54) is 12.8 Å². The lowest BCUT2D eigenvalue weighted by molar-refractivity contribution is 0.416. The maximum atomic E-state index is 5.85. The average molecular weight is 200 g/mol. The number of hydrogen-bond acceptors (Lipinski definition) is 2. The van der Waals surface area contributed by atoms with Crippen LogP contribution in [0.15, 0.2) is 10.6 Å². The van der Waals surface area contributed by atoms with Crippen LogP contribution in [0.1, 0.15) is 43.7 Å². The van der Waals surface area contributed by atoms with Crippen molar-refractivity contribution >= 4 is 11.6 Å². The molecule has 0 bridgehead atoms. The molecule has 1 aliphatic carbocycles. The zero-order valence-corrected chi connectivity index (χ0v) is 8.77. The highest BCUT2D eigenvalue weighted by atomic mass is 35.5. The van der Waals surface area contributed by atoms with E-state index in [1.54, 1.807) is 6.20 Å². The molecule has 0 amide bonds. The van der Waals surface area contributed by atoms with Crippen molar-refractivity contribution < 1.29 is 4.42 Å². The smallest absolute Gasteiger partial charge is 0.212 e. The molecule has 1 heterocycles. The fourth-order valence-electron chi connectivity index (χ4n) is 1.40. The summed E-state index contributed by atoms with van der Waals surface area (Å²) in [6, 6.07) is 0. The van der Waals surface area contributed by atoms with Crippen LogP contribution in [-0.2, 0) is 6.42 Å². The predicted molar refractivity (Wildman–Crippen MR) is 51.8 cm³/mol. The molecule has 1 aliphatic rings. The third-order valence-corrected chi connectivity index (χ3v) is 2.80. The van der Waals surface area contributed by atoms with Crippen LogP contribution in [0.4, 0.5) is 0 Å². The van der Waals surface area contributed by atoms with Gasteiger partial charge in [-0.2, -0.15) is 0 Å². The molecule has 72 valence electrons. The van der Waals surface area contributed by atoms with Gasteiger partial charge in [-0.1, -0.05) is 6.92 Å². The lowest BCUT2D eigenvalue weighted by atomic mass is 10.0. The molecule has 0 radical (unpaired) electrons. The highest BCUT2D eigenvalue weighted by molar-refractivity contribution is 6.20. The summed E-state index contributed by atoms with van der Waals surface area (Å²) < 4.78 is 5.52. The number of alkyl halides is 1. The van der Waals surface area contributed by atoms with Gasteiger partial charge in [0, 0.05) is 6.42 Å². The summed E-state index contributed by atoms with van der Waals surface area (Å²) in [7, 11) is 0. The van der Waals surface area contributed by atoms with Gasteiger partial charge in [-0.15, -0.1) is 11.6 Å². The quantitative estimate of drug-likeness (QED) is 0.698.